The second-order valence-electron chi connectivity index (χ2n) is 7.51. The SMILES string of the molecule is Cc1cn2c(C(=O)N3CCc4c(cc(-c5ccccc5Cl)c(=O)n4C)C3)csc2n1. The predicted octanol–water partition coefficient (Wildman–Crippen LogP) is 3.92. The van der Waals surface area contributed by atoms with Gasteiger partial charge in [0.1, 0.15) is 5.69 Å². The van der Waals surface area contributed by atoms with Gasteiger partial charge in [-0.15, -0.1) is 11.3 Å². The Kier molecular flexibility index (Phi) is 4.52. The van der Waals surface area contributed by atoms with E-state index in [-0.39, 0.29) is 11.5 Å². The molecule has 30 heavy (non-hydrogen) atoms. The number of thiazole rings is 1. The molecule has 0 atom stereocenters. The Bertz CT molecular complexity index is 1370. The summed E-state index contributed by atoms with van der Waals surface area (Å²) in [7, 11) is 1.79. The number of carbonyl (C=O) groups is 1. The van der Waals surface area contributed by atoms with Gasteiger partial charge in [0.25, 0.3) is 11.5 Å². The monoisotopic (exact) mass is 438 g/mol. The minimum absolute atomic E-state index is 0.0301. The minimum atomic E-state index is -0.0740. The number of hydrogen-bond donors (Lipinski definition) is 0. The lowest BCUT2D eigenvalue weighted by Gasteiger charge is -2.30. The summed E-state index contributed by atoms with van der Waals surface area (Å²) in [4.78, 5) is 33.3. The number of amides is 1. The number of aryl methyl sites for hydroxylation is 1. The van der Waals surface area contributed by atoms with Crippen molar-refractivity contribution >= 4 is 33.8 Å². The van der Waals surface area contributed by atoms with E-state index in [1.54, 1.807) is 17.7 Å². The van der Waals surface area contributed by atoms with Crippen LogP contribution in [0.4, 0.5) is 0 Å². The summed E-state index contributed by atoms with van der Waals surface area (Å²) in [5.41, 5.74) is 4.64. The average molecular weight is 439 g/mol. The summed E-state index contributed by atoms with van der Waals surface area (Å²) in [6.07, 6.45) is 2.52. The summed E-state index contributed by atoms with van der Waals surface area (Å²) >= 11 is 7.81. The van der Waals surface area contributed by atoms with Crippen molar-refractivity contribution in [2.75, 3.05) is 6.54 Å². The number of halogens is 1. The van der Waals surface area contributed by atoms with Crippen molar-refractivity contribution in [1.29, 1.82) is 0 Å². The molecule has 8 heteroatoms. The van der Waals surface area contributed by atoms with Gasteiger partial charge in [-0.2, -0.15) is 0 Å². The maximum Gasteiger partial charge on any atom is 0.272 e. The number of aromatic nitrogens is 3. The van der Waals surface area contributed by atoms with Crippen molar-refractivity contribution in [3.63, 3.8) is 0 Å². The fourth-order valence-corrected chi connectivity index (χ4v) is 5.22. The number of fused-ring (bicyclic) bond motifs is 2. The van der Waals surface area contributed by atoms with Crippen molar-refractivity contribution in [1.82, 2.24) is 18.9 Å². The highest BCUT2D eigenvalue weighted by molar-refractivity contribution is 7.15. The molecule has 6 nitrogen and oxygen atoms in total. The Morgan fingerprint density at radius 1 is 1.23 bits per heavy atom. The lowest BCUT2D eigenvalue weighted by atomic mass is 9.99. The van der Waals surface area contributed by atoms with Crippen LogP contribution in [0.25, 0.3) is 16.1 Å². The molecule has 1 aromatic carbocycles. The highest BCUT2D eigenvalue weighted by Crippen LogP contribution is 2.29. The first kappa shape index (κ1) is 19.1. The van der Waals surface area contributed by atoms with Crippen molar-refractivity contribution < 1.29 is 4.79 Å². The molecule has 0 spiro atoms. The molecule has 0 unspecified atom stereocenters. The van der Waals surface area contributed by atoms with Crippen molar-refractivity contribution in [3.05, 3.63) is 79.9 Å². The first-order valence-corrected chi connectivity index (χ1v) is 10.9. The van der Waals surface area contributed by atoms with Gasteiger partial charge in [-0.1, -0.05) is 29.8 Å². The number of nitrogens with zero attached hydrogens (tertiary/aromatic N) is 4. The second-order valence-corrected chi connectivity index (χ2v) is 8.75. The lowest BCUT2D eigenvalue weighted by Crippen LogP contribution is -2.39. The molecule has 1 aliphatic heterocycles. The van der Waals surface area contributed by atoms with Crippen LogP contribution in [0.1, 0.15) is 27.4 Å². The quantitative estimate of drug-likeness (QED) is 0.476. The van der Waals surface area contributed by atoms with Gasteiger partial charge < -0.3 is 9.47 Å². The molecule has 0 bridgehead atoms. The summed E-state index contributed by atoms with van der Waals surface area (Å²) in [5.74, 6) is -0.0301. The first-order valence-electron chi connectivity index (χ1n) is 9.63. The average Bonchev–Trinajstić information content (AvgIpc) is 3.29. The summed E-state index contributed by atoms with van der Waals surface area (Å²) in [6.45, 7) is 2.93. The van der Waals surface area contributed by atoms with Crippen LogP contribution in [-0.4, -0.2) is 31.3 Å². The lowest BCUT2D eigenvalue weighted by molar-refractivity contribution is 0.0725. The van der Waals surface area contributed by atoms with E-state index in [0.717, 1.165) is 21.9 Å². The van der Waals surface area contributed by atoms with E-state index < -0.39 is 0 Å². The number of benzene rings is 1. The molecule has 1 amide bonds. The van der Waals surface area contributed by atoms with E-state index in [4.69, 9.17) is 11.6 Å². The minimum Gasteiger partial charge on any atom is -0.333 e. The van der Waals surface area contributed by atoms with Crippen molar-refractivity contribution in [3.8, 4) is 11.1 Å². The highest BCUT2D eigenvalue weighted by Gasteiger charge is 2.27. The number of hydrogen-bond acceptors (Lipinski definition) is 4. The van der Waals surface area contributed by atoms with Gasteiger partial charge >= 0.3 is 0 Å². The van der Waals surface area contributed by atoms with E-state index in [0.29, 0.717) is 41.4 Å². The molecular weight excluding hydrogens is 420 g/mol. The Morgan fingerprint density at radius 2 is 2.03 bits per heavy atom. The van der Waals surface area contributed by atoms with E-state index in [2.05, 4.69) is 4.98 Å². The Balaban J connectivity index is 1.54. The third-order valence-corrected chi connectivity index (χ3v) is 6.78. The van der Waals surface area contributed by atoms with Crippen LogP contribution in [0.15, 0.2) is 46.7 Å². The van der Waals surface area contributed by atoms with Gasteiger partial charge in [0.15, 0.2) is 4.96 Å². The normalized spacial score (nSPS) is 13.6. The molecule has 0 saturated carbocycles. The Morgan fingerprint density at radius 3 is 2.83 bits per heavy atom. The number of imidazole rings is 1. The number of carbonyl (C=O) groups excluding carboxylic acids is 1. The molecule has 0 radical (unpaired) electrons. The smallest absolute Gasteiger partial charge is 0.272 e. The molecule has 0 fully saturated rings. The van der Waals surface area contributed by atoms with E-state index in [9.17, 15) is 9.59 Å². The standard InChI is InChI=1S/C22H19ClN4O2S/c1-13-10-27-19(12-30-22(27)24-13)21(29)26-8-7-18-14(11-26)9-16(20(28)25(18)2)15-5-3-4-6-17(15)23/h3-6,9-10,12H,7-8,11H2,1-2H3. The zero-order valence-electron chi connectivity index (χ0n) is 16.6. The van der Waals surface area contributed by atoms with Crippen LogP contribution in [-0.2, 0) is 20.0 Å². The topological polar surface area (TPSA) is 59.6 Å². The zero-order valence-corrected chi connectivity index (χ0v) is 18.1. The number of pyridine rings is 1. The van der Waals surface area contributed by atoms with Crippen LogP contribution in [0.2, 0.25) is 5.02 Å². The maximum absolute atomic E-state index is 13.2. The Labute approximate surface area is 182 Å². The van der Waals surface area contributed by atoms with Crippen molar-refractivity contribution in [2.45, 2.75) is 19.9 Å². The van der Waals surface area contributed by atoms with Gasteiger partial charge in [0, 0.05) is 60.0 Å². The van der Waals surface area contributed by atoms with Crippen LogP contribution in [0.5, 0.6) is 0 Å². The van der Waals surface area contributed by atoms with Gasteiger partial charge in [0.2, 0.25) is 0 Å². The van der Waals surface area contributed by atoms with E-state index >= 15 is 0 Å². The summed E-state index contributed by atoms with van der Waals surface area (Å²) < 4.78 is 3.55. The molecule has 0 aliphatic carbocycles. The van der Waals surface area contributed by atoms with E-state index in [1.165, 1.54) is 11.3 Å². The van der Waals surface area contributed by atoms with Crippen LogP contribution in [0, 0.1) is 6.92 Å². The molecule has 4 heterocycles. The highest BCUT2D eigenvalue weighted by atomic mass is 35.5. The van der Waals surface area contributed by atoms with Crippen LogP contribution in [0.3, 0.4) is 0 Å². The Hall–Kier alpha value is -2.90. The van der Waals surface area contributed by atoms with Crippen LogP contribution < -0.4 is 5.56 Å². The molecular formula is C22H19ClN4O2S. The number of rotatable bonds is 2. The van der Waals surface area contributed by atoms with Gasteiger partial charge in [-0.3, -0.25) is 14.0 Å². The fraction of sp³-hybridized carbons (Fsp3) is 0.227. The van der Waals surface area contributed by atoms with Gasteiger partial charge in [0.05, 0.1) is 5.69 Å². The molecule has 4 aromatic rings. The molecule has 152 valence electrons. The van der Waals surface area contributed by atoms with Crippen LogP contribution >= 0.6 is 22.9 Å². The third kappa shape index (κ3) is 2.97. The zero-order chi connectivity index (χ0) is 21.0. The molecule has 1 aliphatic rings. The second kappa shape index (κ2) is 7.11. The largest absolute Gasteiger partial charge is 0.333 e. The molecule has 0 N–H and O–H groups in total. The van der Waals surface area contributed by atoms with Gasteiger partial charge in [-0.25, -0.2) is 4.98 Å². The third-order valence-electron chi connectivity index (χ3n) is 5.61. The first-order chi connectivity index (χ1) is 14.4. The molecule has 0 saturated heterocycles. The summed E-state index contributed by atoms with van der Waals surface area (Å²) in [5, 5.41) is 2.39. The van der Waals surface area contributed by atoms with Crippen molar-refractivity contribution in [2.24, 2.45) is 7.05 Å². The fourth-order valence-electron chi connectivity index (χ4n) is 4.09. The molecule has 5 rings (SSSR count). The van der Waals surface area contributed by atoms with Gasteiger partial charge in [-0.05, 0) is 24.6 Å². The summed E-state index contributed by atoms with van der Waals surface area (Å²) in [6, 6.07) is 9.23. The van der Waals surface area contributed by atoms with E-state index in [1.807, 2.05) is 52.1 Å². The molecule has 3 aromatic heterocycles. The predicted molar refractivity (Wildman–Crippen MR) is 118 cm³/mol. The maximum atomic E-state index is 13.2.